The smallest absolute Gasteiger partial charge is 0.252 e. The second-order valence-electron chi connectivity index (χ2n) is 12.4. The molecule has 38 heavy (non-hydrogen) atoms. The number of nitrogens with one attached hydrogen (secondary N) is 2. The molecule has 0 rings (SSSR count). The Kier molecular flexibility index (Phi) is 14.9. The average Bonchev–Trinajstić information content (AvgIpc) is 2.75. The zero-order chi connectivity index (χ0) is 29.9. The molecule has 12 heteroatoms. The monoisotopic (exact) mass is 550 g/mol. The van der Waals surface area contributed by atoms with Gasteiger partial charge in [0.2, 0.25) is 0 Å². The molecule has 0 fully saturated rings. The van der Waals surface area contributed by atoms with Gasteiger partial charge >= 0.3 is 0 Å². The molecule has 0 aromatic rings. The number of hydrogen-bond acceptors (Lipinski definition) is 10. The van der Waals surface area contributed by atoms with Crippen LogP contribution >= 0.6 is 0 Å². The number of rotatable bonds is 19. The Labute approximate surface area is 227 Å². The number of aliphatic hydroxyl groups excluding tert-OH is 4. The summed E-state index contributed by atoms with van der Waals surface area (Å²) in [5, 5.41) is 46.5. The van der Waals surface area contributed by atoms with Crippen molar-refractivity contribution in [2.45, 2.75) is 128 Å². The molecule has 0 heterocycles. The lowest BCUT2D eigenvalue weighted by molar-refractivity contribution is -0.157. The Bertz CT molecular complexity index is 670. The van der Waals surface area contributed by atoms with Crippen molar-refractivity contribution in [3.8, 4) is 0 Å². The lowest BCUT2D eigenvalue weighted by Gasteiger charge is -2.33. The van der Waals surface area contributed by atoms with Crippen LogP contribution in [-0.4, -0.2) is 105 Å². The quantitative estimate of drug-likeness (QED) is 0.101. The van der Waals surface area contributed by atoms with Crippen LogP contribution in [0.25, 0.3) is 0 Å². The highest BCUT2D eigenvalue weighted by Gasteiger charge is 2.39. The lowest BCUT2D eigenvalue weighted by Crippen LogP contribution is -2.58. The molecule has 0 aliphatic carbocycles. The van der Waals surface area contributed by atoms with Crippen LogP contribution < -0.4 is 22.1 Å². The van der Waals surface area contributed by atoms with Crippen LogP contribution in [0.4, 0.5) is 0 Å². The standard InChI is InChI=1S/C26H54N4O8/c1-23(2,11-15-37-25(5,6)9-13-27)29-21(35)19(33)17(31)18(32)20(34)22(36)30-24(3,4)12-16-38-26(7,8)10-14-28/h17-20,31-34H,9-16,27-28H2,1-8H3,(H,29,35)(H,30,36)/t17-,18+,19+,20-. The Morgan fingerprint density at radius 1 is 0.632 bits per heavy atom. The van der Waals surface area contributed by atoms with E-state index in [1.807, 2.05) is 27.7 Å². The predicted octanol–water partition coefficient (Wildman–Crippen LogP) is -0.712. The third-order valence-electron chi connectivity index (χ3n) is 6.39. The van der Waals surface area contributed by atoms with E-state index in [0.717, 1.165) is 0 Å². The SMILES string of the molecule is CC(C)(CCOC(C)(C)CCN)NC(=O)[C@@H](O)[C@H](O)[C@H](O)[C@@H](O)C(=O)NC(C)(C)CCOC(C)(C)CCN. The van der Waals surface area contributed by atoms with Crippen molar-refractivity contribution in [3.05, 3.63) is 0 Å². The van der Waals surface area contributed by atoms with Gasteiger partial charge in [0.15, 0.2) is 12.2 Å². The van der Waals surface area contributed by atoms with E-state index in [1.54, 1.807) is 27.7 Å². The minimum atomic E-state index is -2.12. The molecular weight excluding hydrogens is 496 g/mol. The van der Waals surface area contributed by atoms with Gasteiger partial charge in [-0.2, -0.15) is 0 Å². The van der Waals surface area contributed by atoms with E-state index in [-0.39, 0.29) is 0 Å². The van der Waals surface area contributed by atoms with Crippen LogP contribution in [0.15, 0.2) is 0 Å². The van der Waals surface area contributed by atoms with Crippen LogP contribution in [0, 0.1) is 0 Å². The lowest BCUT2D eigenvalue weighted by atomic mass is 9.96. The fourth-order valence-electron chi connectivity index (χ4n) is 3.63. The van der Waals surface area contributed by atoms with E-state index in [9.17, 15) is 30.0 Å². The van der Waals surface area contributed by atoms with Crippen LogP contribution in [-0.2, 0) is 19.1 Å². The summed E-state index contributed by atoms with van der Waals surface area (Å²) in [4.78, 5) is 25.1. The summed E-state index contributed by atoms with van der Waals surface area (Å²) >= 11 is 0. The topological polar surface area (TPSA) is 210 Å². The molecule has 0 spiro atoms. The molecule has 10 N–H and O–H groups in total. The summed E-state index contributed by atoms with van der Waals surface area (Å²) in [6.45, 7) is 16.1. The molecule has 0 aliphatic heterocycles. The number of amides is 2. The molecule has 0 bridgehead atoms. The molecule has 4 atom stereocenters. The second-order valence-corrected chi connectivity index (χ2v) is 12.4. The van der Waals surface area contributed by atoms with Crippen molar-refractivity contribution < 1.29 is 39.5 Å². The van der Waals surface area contributed by atoms with Crippen LogP contribution in [0.1, 0.15) is 81.1 Å². The first-order valence-corrected chi connectivity index (χ1v) is 13.2. The number of hydrogen-bond donors (Lipinski definition) is 8. The molecule has 0 saturated heterocycles. The zero-order valence-corrected chi connectivity index (χ0v) is 24.5. The molecule has 0 saturated carbocycles. The summed E-state index contributed by atoms with van der Waals surface area (Å²) in [6.07, 6.45) is -6.30. The first-order chi connectivity index (χ1) is 17.2. The third kappa shape index (κ3) is 14.1. The van der Waals surface area contributed by atoms with Gasteiger partial charge in [-0.1, -0.05) is 0 Å². The van der Waals surface area contributed by atoms with Crippen LogP contribution in [0.3, 0.4) is 0 Å². The molecule has 0 unspecified atom stereocenters. The van der Waals surface area contributed by atoms with E-state index < -0.39 is 58.5 Å². The number of carbonyl (C=O) groups excluding carboxylic acids is 2. The van der Waals surface area contributed by atoms with Gasteiger partial charge in [0, 0.05) is 24.3 Å². The maximum absolute atomic E-state index is 12.5. The van der Waals surface area contributed by atoms with E-state index >= 15 is 0 Å². The van der Waals surface area contributed by atoms with Crippen molar-refractivity contribution in [2.75, 3.05) is 26.3 Å². The second kappa shape index (κ2) is 15.4. The van der Waals surface area contributed by atoms with Gasteiger partial charge in [-0.15, -0.1) is 0 Å². The van der Waals surface area contributed by atoms with Gasteiger partial charge in [-0.25, -0.2) is 0 Å². The van der Waals surface area contributed by atoms with Crippen LogP contribution in [0.5, 0.6) is 0 Å². The van der Waals surface area contributed by atoms with Gasteiger partial charge in [0.05, 0.1) is 11.2 Å². The van der Waals surface area contributed by atoms with Gasteiger partial charge in [-0.05, 0) is 94.2 Å². The Morgan fingerprint density at radius 3 is 1.18 bits per heavy atom. The van der Waals surface area contributed by atoms with Crippen molar-refractivity contribution in [3.63, 3.8) is 0 Å². The van der Waals surface area contributed by atoms with Gasteiger partial charge in [0.1, 0.15) is 12.2 Å². The molecule has 0 aromatic carbocycles. The predicted molar refractivity (Wildman–Crippen MR) is 145 cm³/mol. The number of carbonyl (C=O) groups is 2. The molecule has 2 amide bonds. The first kappa shape index (κ1) is 36.6. The summed E-state index contributed by atoms with van der Waals surface area (Å²) in [7, 11) is 0. The van der Waals surface area contributed by atoms with Gasteiger partial charge in [0.25, 0.3) is 11.8 Å². The van der Waals surface area contributed by atoms with E-state index in [1.165, 1.54) is 0 Å². The summed E-state index contributed by atoms with van der Waals surface area (Å²) < 4.78 is 11.6. The zero-order valence-electron chi connectivity index (χ0n) is 24.5. The largest absolute Gasteiger partial charge is 0.387 e. The normalized spacial score (nSPS) is 16.5. The Hall–Kier alpha value is -1.38. The first-order valence-electron chi connectivity index (χ1n) is 13.2. The Morgan fingerprint density at radius 2 is 0.921 bits per heavy atom. The molecule has 226 valence electrons. The van der Waals surface area contributed by atoms with Crippen molar-refractivity contribution in [2.24, 2.45) is 11.5 Å². The summed E-state index contributed by atoms with van der Waals surface area (Å²) in [5.74, 6) is -1.93. The van der Waals surface area contributed by atoms with Crippen molar-refractivity contribution >= 4 is 11.8 Å². The summed E-state index contributed by atoms with van der Waals surface area (Å²) in [6, 6.07) is 0. The highest BCUT2D eigenvalue weighted by atomic mass is 16.5. The minimum absolute atomic E-state index is 0.311. The van der Waals surface area contributed by atoms with Crippen LogP contribution in [0.2, 0.25) is 0 Å². The fraction of sp³-hybridized carbons (Fsp3) is 0.923. The fourth-order valence-corrected chi connectivity index (χ4v) is 3.63. The molecule has 0 aliphatic rings. The van der Waals surface area contributed by atoms with E-state index in [2.05, 4.69) is 10.6 Å². The third-order valence-corrected chi connectivity index (χ3v) is 6.39. The number of nitrogens with two attached hydrogens (primary N) is 2. The molecule has 12 nitrogen and oxygen atoms in total. The maximum Gasteiger partial charge on any atom is 0.252 e. The van der Waals surface area contributed by atoms with E-state index in [4.69, 9.17) is 20.9 Å². The minimum Gasteiger partial charge on any atom is -0.387 e. The highest BCUT2D eigenvalue weighted by Crippen LogP contribution is 2.19. The van der Waals surface area contributed by atoms with Gasteiger partial charge < -0.3 is 52.0 Å². The Balaban J connectivity index is 4.88. The maximum atomic E-state index is 12.5. The molecule has 0 aromatic heterocycles. The van der Waals surface area contributed by atoms with Crippen molar-refractivity contribution in [1.82, 2.24) is 10.6 Å². The average molecular weight is 551 g/mol. The number of ether oxygens (including phenoxy) is 2. The van der Waals surface area contributed by atoms with Crippen molar-refractivity contribution in [1.29, 1.82) is 0 Å². The summed E-state index contributed by atoms with van der Waals surface area (Å²) in [5.41, 5.74) is 8.67. The molecule has 0 radical (unpaired) electrons. The van der Waals surface area contributed by atoms with Gasteiger partial charge in [-0.3, -0.25) is 9.59 Å². The highest BCUT2D eigenvalue weighted by molar-refractivity contribution is 5.83. The van der Waals surface area contributed by atoms with E-state index in [0.29, 0.717) is 52.0 Å². The number of aliphatic hydroxyl groups is 4. The molecular formula is C26H54N4O8.